The summed E-state index contributed by atoms with van der Waals surface area (Å²) >= 11 is 0. The van der Waals surface area contributed by atoms with Gasteiger partial charge in [0.05, 0.1) is 36.8 Å². The molecule has 0 aliphatic carbocycles. The zero-order valence-electron chi connectivity index (χ0n) is 27.1. The number of aromatic nitrogens is 2. The summed E-state index contributed by atoms with van der Waals surface area (Å²) in [6, 6.07) is 9.30. The zero-order valence-corrected chi connectivity index (χ0v) is 27.1. The number of piperazine rings is 1. The first-order chi connectivity index (χ1) is 22.7. The number of benzene rings is 2. The van der Waals surface area contributed by atoms with E-state index < -0.39 is 17.7 Å². The van der Waals surface area contributed by atoms with Crippen LogP contribution in [0.3, 0.4) is 0 Å². The molecule has 1 aromatic heterocycles. The van der Waals surface area contributed by atoms with E-state index in [1.54, 1.807) is 13.2 Å². The predicted octanol–water partition coefficient (Wildman–Crippen LogP) is 5.12. The second-order valence-corrected chi connectivity index (χ2v) is 12.3. The fourth-order valence-corrected chi connectivity index (χ4v) is 6.68. The highest BCUT2D eigenvalue weighted by Crippen LogP contribution is 2.41. The lowest BCUT2D eigenvalue weighted by Gasteiger charge is -2.45. The second-order valence-electron chi connectivity index (χ2n) is 12.3. The monoisotopic (exact) mass is 648 g/mol. The van der Waals surface area contributed by atoms with Crippen molar-refractivity contribution >= 4 is 34.6 Å². The fraction of sp³-hybridized carbons (Fsp3) is 0.441. The van der Waals surface area contributed by atoms with E-state index in [1.807, 2.05) is 12.1 Å². The van der Waals surface area contributed by atoms with Crippen molar-refractivity contribution in [3.63, 3.8) is 0 Å². The SMILES string of the molecule is C=CC(=O)Nc1cc(Nc2cc(N3OCCC3c3cc(F)ccc3F)ncn2)c(OC)cc1N1CCC(N2CCN(C)C(C)C2)CC1. The van der Waals surface area contributed by atoms with Crippen molar-refractivity contribution < 1.29 is 23.1 Å². The Kier molecular flexibility index (Phi) is 9.85. The third-order valence-corrected chi connectivity index (χ3v) is 9.44. The smallest absolute Gasteiger partial charge is 0.247 e. The minimum atomic E-state index is -0.563. The van der Waals surface area contributed by atoms with E-state index in [1.165, 1.54) is 23.5 Å². The minimum absolute atomic E-state index is 0.192. The normalized spacial score (nSPS) is 21.1. The number of halogens is 2. The highest BCUT2D eigenvalue weighted by molar-refractivity contribution is 6.02. The number of rotatable bonds is 9. The van der Waals surface area contributed by atoms with Crippen molar-refractivity contribution in [2.45, 2.75) is 44.3 Å². The number of nitrogens with one attached hydrogen (secondary N) is 2. The second kappa shape index (κ2) is 14.2. The quantitative estimate of drug-likeness (QED) is 0.305. The molecule has 0 bridgehead atoms. The van der Waals surface area contributed by atoms with Gasteiger partial charge in [0, 0.05) is 68.9 Å². The molecule has 2 atom stereocenters. The van der Waals surface area contributed by atoms with Crippen LogP contribution in [0.15, 0.2) is 55.4 Å². The van der Waals surface area contributed by atoms with Crippen LogP contribution in [-0.2, 0) is 9.63 Å². The Labute approximate surface area is 274 Å². The lowest BCUT2D eigenvalue weighted by atomic mass is 10.00. The van der Waals surface area contributed by atoms with Gasteiger partial charge in [-0.3, -0.25) is 14.5 Å². The van der Waals surface area contributed by atoms with Gasteiger partial charge in [-0.05, 0) is 57.2 Å². The van der Waals surface area contributed by atoms with E-state index >= 15 is 0 Å². The van der Waals surface area contributed by atoms with Crippen molar-refractivity contribution in [2.75, 3.05) is 74.1 Å². The predicted molar refractivity (Wildman–Crippen MR) is 178 cm³/mol. The number of ether oxygens (including phenoxy) is 1. The van der Waals surface area contributed by atoms with Gasteiger partial charge >= 0.3 is 0 Å². The molecule has 0 spiro atoms. The largest absolute Gasteiger partial charge is 0.494 e. The molecule has 2 unspecified atom stereocenters. The van der Waals surface area contributed by atoms with Crippen molar-refractivity contribution in [2.24, 2.45) is 0 Å². The summed E-state index contributed by atoms with van der Waals surface area (Å²) in [6.45, 7) is 11.2. The maximum absolute atomic E-state index is 14.7. The zero-order chi connectivity index (χ0) is 33.1. The average molecular weight is 649 g/mol. The summed E-state index contributed by atoms with van der Waals surface area (Å²) in [7, 11) is 3.78. The van der Waals surface area contributed by atoms with Crippen molar-refractivity contribution in [3.8, 4) is 5.75 Å². The molecule has 1 amide bonds. The van der Waals surface area contributed by atoms with Crippen LogP contribution < -0.4 is 25.3 Å². The van der Waals surface area contributed by atoms with Gasteiger partial charge in [0.25, 0.3) is 0 Å². The van der Waals surface area contributed by atoms with Gasteiger partial charge in [0.2, 0.25) is 5.91 Å². The molecule has 13 heteroatoms. The molecule has 250 valence electrons. The van der Waals surface area contributed by atoms with Gasteiger partial charge in [-0.2, -0.15) is 0 Å². The fourth-order valence-electron chi connectivity index (χ4n) is 6.68. The highest BCUT2D eigenvalue weighted by Gasteiger charge is 2.33. The van der Waals surface area contributed by atoms with Gasteiger partial charge in [-0.25, -0.2) is 23.8 Å². The summed E-state index contributed by atoms with van der Waals surface area (Å²) in [5, 5.41) is 7.74. The number of carbonyl (C=O) groups excluding carboxylic acids is 1. The van der Waals surface area contributed by atoms with E-state index in [0.717, 1.165) is 63.4 Å². The molecular formula is C34H42F2N8O3. The molecule has 3 aliphatic heterocycles. The molecule has 47 heavy (non-hydrogen) atoms. The van der Waals surface area contributed by atoms with Crippen LogP contribution >= 0.6 is 0 Å². The number of likely N-dealkylation sites (N-methyl/N-ethyl adjacent to an activating group) is 1. The first kappa shape index (κ1) is 32.6. The Hall–Kier alpha value is -4.33. The molecule has 3 aromatic rings. The Morgan fingerprint density at radius 3 is 2.62 bits per heavy atom. The molecule has 0 saturated carbocycles. The number of nitrogens with zero attached hydrogens (tertiary/aromatic N) is 6. The van der Waals surface area contributed by atoms with Crippen LogP contribution in [0.25, 0.3) is 0 Å². The molecule has 3 fully saturated rings. The van der Waals surface area contributed by atoms with Crippen LogP contribution in [0.2, 0.25) is 0 Å². The van der Waals surface area contributed by atoms with Crippen LogP contribution in [0.5, 0.6) is 5.75 Å². The molecule has 6 rings (SSSR count). The van der Waals surface area contributed by atoms with Crippen LogP contribution in [-0.4, -0.2) is 91.2 Å². The Bertz CT molecular complexity index is 1600. The van der Waals surface area contributed by atoms with Crippen molar-refractivity contribution in [1.29, 1.82) is 0 Å². The lowest BCUT2D eigenvalue weighted by molar-refractivity contribution is -0.111. The molecule has 0 radical (unpaired) electrons. The van der Waals surface area contributed by atoms with Crippen molar-refractivity contribution in [1.82, 2.24) is 19.8 Å². The number of methoxy groups -OCH3 is 1. The molecule has 2 aromatic carbocycles. The van der Waals surface area contributed by atoms with Gasteiger partial charge in [0.1, 0.15) is 29.5 Å². The summed E-state index contributed by atoms with van der Waals surface area (Å²) in [6.07, 6.45) is 5.12. The summed E-state index contributed by atoms with van der Waals surface area (Å²) < 4.78 is 34.5. The number of hydroxylamine groups is 1. The Balaban J connectivity index is 1.23. The number of anilines is 5. The molecule has 2 N–H and O–H groups in total. The van der Waals surface area contributed by atoms with E-state index in [9.17, 15) is 13.6 Å². The number of carbonyl (C=O) groups is 1. The standard InChI is InChI=1S/C34H42F2N8O3/c1-5-34(45)40-27-17-28(31(46-4)18-30(27)42-11-8-24(9-12-42)43-14-13-41(3)22(2)20-43)39-32-19-33(38-21-37-32)44-29(10-15-47-44)25-16-23(35)6-7-26(25)36/h5-7,16-19,21-22,24,29H,1,8-15,20H2,2-4H3,(H,40,45)(H,37,38,39). The Morgan fingerprint density at radius 2 is 1.87 bits per heavy atom. The molecule has 4 heterocycles. The van der Waals surface area contributed by atoms with Crippen LogP contribution in [0.4, 0.5) is 37.5 Å². The molecule has 3 saturated heterocycles. The first-order valence-electron chi connectivity index (χ1n) is 16.0. The molecular weight excluding hydrogens is 606 g/mol. The van der Waals surface area contributed by atoms with E-state index in [4.69, 9.17) is 9.57 Å². The number of hydrogen-bond acceptors (Lipinski definition) is 10. The first-order valence-corrected chi connectivity index (χ1v) is 16.0. The summed E-state index contributed by atoms with van der Waals surface area (Å²) in [4.78, 5) is 34.4. The summed E-state index contributed by atoms with van der Waals surface area (Å²) in [5.74, 6) is -0.0161. The number of amides is 1. The van der Waals surface area contributed by atoms with E-state index in [0.29, 0.717) is 53.9 Å². The topological polar surface area (TPSA) is 98.3 Å². The minimum Gasteiger partial charge on any atom is -0.494 e. The van der Waals surface area contributed by atoms with Crippen LogP contribution in [0, 0.1) is 11.6 Å². The van der Waals surface area contributed by atoms with Crippen LogP contribution in [0.1, 0.15) is 37.8 Å². The van der Waals surface area contributed by atoms with Gasteiger partial charge in [-0.1, -0.05) is 6.58 Å². The van der Waals surface area contributed by atoms with E-state index in [2.05, 4.69) is 55.9 Å². The van der Waals surface area contributed by atoms with Crippen molar-refractivity contribution in [3.05, 3.63) is 72.6 Å². The third-order valence-electron chi connectivity index (χ3n) is 9.44. The molecule has 11 nitrogen and oxygen atoms in total. The highest BCUT2D eigenvalue weighted by atomic mass is 19.1. The maximum atomic E-state index is 14.7. The van der Waals surface area contributed by atoms with Gasteiger partial charge in [0.15, 0.2) is 5.82 Å². The van der Waals surface area contributed by atoms with E-state index in [-0.39, 0.29) is 11.5 Å². The number of piperidine rings is 1. The van der Waals surface area contributed by atoms with Gasteiger partial charge in [-0.15, -0.1) is 0 Å². The maximum Gasteiger partial charge on any atom is 0.247 e. The summed E-state index contributed by atoms with van der Waals surface area (Å²) in [5.41, 5.74) is 2.24. The third kappa shape index (κ3) is 7.16. The van der Waals surface area contributed by atoms with Gasteiger partial charge < -0.3 is 25.2 Å². The number of hydrogen-bond donors (Lipinski definition) is 2. The Morgan fingerprint density at radius 1 is 1.06 bits per heavy atom. The average Bonchev–Trinajstić information content (AvgIpc) is 3.57. The molecule has 3 aliphatic rings. The lowest BCUT2D eigenvalue weighted by Crippen LogP contribution is -2.55.